The lowest BCUT2D eigenvalue weighted by molar-refractivity contribution is -0.132. The van der Waals surface area contributed by atoms with E-state index in [-0.39, 0.29) is 25.1 Å². The number of rotatable bonds is 6. The third-order valence-corrected chi connectivity index (χ3v) is 4.58. The number of nitrogens with zero attached hydrogens (tertiary/aromatic N) is 2. The zero-order chi connectivity index (χ0) is 18.7. The molecule has 1 aliphatic heterocycles. The van der Waals surface area contributed by atoms with Crippen molar-refractivity contribution in [2.24, 2.45) is 5.10 Å². The van der Waals surface area contributed by atoms with Gasteiger partial charge in [-0.1, -0.05) is 23.7 Å². The summed E-state index contributed by atoms with van der Waals surface area (Å²) in [5.41, 5.74) is 1.18. The van der Waals surface area contributed by atoms with Crippen molar-refractivity contribution in [3.8, 4) is 0 Å². The van der Waals surface area contributed by atoms with E-state index in [1.807, 2.05) is 32.0 Å². The molecule has 1 atom stereocenters. The molecule has 1 aromatic carbocycles. The van der Waals surface area contributed by atoms with Crippen molar-refractivity contribution in [2.45, 2.75) is 31.8 Å². The highest BCUT2D eigenvalue weighted by Crippen LogP contribution is 2.33. The van der Waals surface area contributed by atoms with Crippen LogP contribution in [0.25, 0.3) is 0 Å². The van der Waals surface area contributed by atoms with Crippen LogP contribution in [0.1, 0.15) is 37.6 Å². The highest BCUT2D eigenvalue weighted by Gasteiger charge is 2.35. The van der Waals surface area contributed by atoms with Crippen LogP contribution in [0.2, 0.25) is 5.02 Å². The monoisotopic (exact) mass is 375 g/mol. The highest BCUT2D eigenvalue weighted by molar-refractivity contribution is 6.30. The molecule has 0 bridgehead atoms. The van der Waals surface area contributed by atoms with Gasteiger partial charge in [-0.3, -0.25) is 4.79 Å². The van der Waals surface area contributed by atoms with Crippen LogP contribution in [0, 0.1) is 0 Å². The molecule has 1 unspecified atom stereocenters. The SMILES string of the molecule is CC(C)(CO)NCC(=O)N1N=C(c2ccc(Cl)cc2)CC1c1ccco1. The molecule has 2 heterocycles. The number of hydrogen-bond donors (Lipinski definition) is 2. The normalized spacial score (nSPS) is 17.5. The van der Waals surface area contributed by atoms with E-state index in [0.29, 0.717) is 17.2 Å². The quantitative estimate of drug-likeness (QED) is 0.813. The van der Waals surface area contributed by atoms with Gasteiger partial charge in [0.1, 0.15) is 11.8 Å². The van der Waals surface area contributed by atoms with Gasteiger partial charge in [-0.05, 0) is 43.7 Å². The van der Waals surface area contributed by atoms with Crippen LogP contribution in [-0.4, -0.2) is 40.4 Å². The lowest BCUT2D eigenvalue weighted by atomic mass is 10.0. The Labute approximate surface area is 157 Å². The molecule has 2 N–H and O–H groups in total. The first-order chi connectivity index (χ1) is 12.4. The molecule has 7 heteroatoms. The molecule has 0 radical (unpaired) electrons. The van der Waals surface area contributed by atoms with E-state index < -0.39 is 5.54 Å². The van der Waals surface area contributed by atoms with Gasteiger partial charge in [-0.2, -0.15) is 5.10 Å². The fourth-order valence-corrected chi connectivity index (χ4v) is 2.84. The Bertz CT molecular complexity index is 785. The first kappa shape index (κ1) is 18.6. The van der Waals surface area contributed by atoms with Gasteiger partial charge in [-0.15, -0.1) is 0 Å². The number of carbonyl (C=O) groups is 1. The van der Waals surface area contributed by atoms with Crippen molar-refractivity contribution in [1.82, 2.24) is 10.3 Å². The fourth-order valence-electron chi connectivity index (χ4n) is 2.71. The highest BCUT2D eigenvalue weighted by atomic mass is 35.5. The van der Waals surface area contributed by atoms with Crippen molar-refractivity contribution in [2.75, 3.05) is 13.2 Å². The van der Waals surface area contributed by atoms with Crippen molar-refractivity contribution < 1.29 is 14.3 Å². The van der Waals surface area contributed by atoms with Gasteiger partial charge in [0.05, 0.1) is 25.1 Å². The molecule has 0 saturated carbocycles. The van der Waals surface area contributed by atoms with Crippen LogP contribution in [0.4, 0.5) is 0 Å². The molecule has 1 amide bonds. The van der Waals surface area contributed by atoms with Crippen LogP contribution < -0.4 is 5.32 Å². The Morgan fingerprint density at radius 3 is 2.73 bits per heavy atom. The number of aliphatic hydroxyl groups excluding tert-OH is 1. The molecule has 0 fully saturated rings. The molecule has 1 aromatic heterocycles. The summed E-state index contributed by atoms with van der Waals surface area (Å²) in [6.45, 7) is 3.66. The number of aliphatic hydroxyl groups is 1. The second kappa shape index (κ2) is 7.61. The maximum atomic E-state index is 12.8. The van der Waals surface area contributed by atoms with Crippen molar-refractivity contribution >= 4 is 23.2 Å². The standard InChI is InChI=1S/C19H22ClN3O3/c1-19(2,12-24)21-11-18(25)23-16(17-4-3-9-26-17)10-15(22-23)13-5-7-14(20)8-6-13/h3-9,16,21,24H,10-12H2,1-2H3. The molecule has 0 saturated heterocycles. The Kier molecular flexibility index (Phi) is 5.46. The Morgan fingerprint density at radius 1 is 1.38 bits per heavy atom. The van der Waals surface area contributed by atoms with Crippen LogP contribution >= 0.6 is 11.6 Å². The van der Waals surface area contributed by atoms with E-state index in [9.17, 15) is 9.90 Å². The Balaban J connectivity index is 1.82. The third-order valence-electron chi connectivity index (χ3n) is 4.33. The smallest absolute Gasteiger partial charge is 0.257 e. The van der Waals surface area contributed by atoms with Gasteiger partial charge in [0.15, 0.2) is 0 Å². The van der Waals surface area contributed by atoms with E-state index in [1.54, 1.807) is 24.5 Å². The van der Waals surface area contributed by atoms with Gasteiger partial charge in [-0.25, -0.2) is 5.01 Å². The number of hydrogen-bond acceptors (Lipinski definition) is 5. The van der Waals surface area contributed by atoms with Crippen LogP contribution in [0.15, 0.2) is 52.2 Å². The zero-order valence-electron chi connectivity index (χ0n) is 14.8. The minimum absolute atomic E-state index is 0.0683. The predicted molar refractivity (Wildman–Crippen MR) is 100 cm³/mol. The summed E-state index contributed by atoms with van der Waals surface area (Å²) in [6, 6.07) is 10.7. The summed E-state index contributed by atoms with van der Waals surface area (Å²) in [7, 11) is 0. The number of amides is 1. The lowest BCUT2D eigenvalue weighted by Gasteiger charge is -2.25. The van der Waals surface area contributed by atoms with E-state index in [0.717, 1.165) is 11.3 Å². The number of hydrazone groups is 1. The molecule has 0 spiro atoms. The number of nitrogens with one attached hydrogen (secondary N) is 1. The molecule has 3 rings (SSSR count). The predicted octanol–water partition coefficient (Wildman–Crippen LogP) is 2.97. The van der Waals surface area contributed by atoms with Crippen molar-refractivity contribution in [3.05, 3.63) is 59.0 Å². The molecule has 1 aliphatic rings. The topological polar surface area (TPSA) is 78.1 Å². The summed E-state index contributed by atoms with van der Waals surface area (Å²) >= 11 is 5.96. The Hall–Kier alpha value is -2.15. The summed E-state index contributed by atoms with van der Waals surface area (Å²) in [5, 5.41) is 19.1. The summed E-state index contributed by atoms with van der Waals surface area (Å²) < 4.78 is 5.52. The average Bonchev–Trinajstić information content (AvgIpc) is 3.30. The van der Waals surface area contributed by atoms with E-state index in [4.69, 9.17) is 16.0 Å². The molecule has 138 valence electrons. The van der Waals surface area contributed by atoms with E-state index >= 15 is 0 Å². The van der Waals surface area contributed by atoms with Gasteiger partial charge in [0.25, 0.3) is 5.91 Å². The van der Waals surface area contributed by atoms with Gasteiger partial charge in [0, 0.05) is 17.0 Å². The van der Waals surface area contributed by atoms with Crippen LogP contribution in [0.5, 0.6) is 0 Å². The summed E-state index contributed by atoms with van der Waals surface area (Å²) in [6.07, 6.45) is 2.15. The largest absolute Gasteiger partial charge is 0.467 e. The van der Waals surface area contributed by atoms with Crippen molar-refractivity contribution in [3.63, 3.8) is 0 Å². The number of carbonyl (C=O) groups excluding carboxylic acids is 1. The molecule has 26 heavy (non-hydrogen) atoms. The average molecular weight is 376 g/mol. The maximum Gasteiger partial charge on any atom is 0.257 e. The molecule has 6 nitrogen and oxygen atoms in total. The first-order valence-corrected chi connectivity index (χ1v) is 8.82. The van der Waals surface area contributed by atoms with Gasteiger partial charge >= 0.3 is 0 Å². The molecular weight excluding hydrogens is 354 g/mol. The van der Waals surface area contributed by atoms with Crippen molar-refractivity contribution in [1.29, 1.82) is 0 Å². The fraction of sp³-hybridized carbons (Fsp3) is 0.368. The van der Waals surface area contributed by atoms with Gasteiger partial charge < -0.3 is 14.8 Å². The maximum absolute atomic E-state index is 12.8. The van der Waals surface area contributed by atoms with Crippen LogP contribution in [0.3, 0.4) is 0 Å². The minimum atomic E-state index is -0.543. The van der Waals surface area contributed by atoms with Crippen LogP contribution in [-0.2, 0) is 4.79 Å². The first-order valence-electron chi connectivity index (χ1n) is 8.44. The number of halogens is 1. The Morgan fingerprint density at radius 2 is 2.12 bits per heavy atom. The second-order valence-corrected chi connectivity index (χ2v) is 7.36. The van der Waals surface area contributed by atoms with E-state index in [1.165, 1.54) is 5.01 Å². The third kappa shape index (κ3) is 4.15. The molecule has 0 aliphatic carbocycles. The van der Waals surface area contributed by atoms with Gasteiger partial charge in [0.2, 0.25) is 0 Å². The molecule has 2 aromatic rings. The second-order valence-electron chi connectivity index (χ2n) is 6.92. The number of benzene rings is 1. The number of furan rings is 1. The summed E-state index contributed by atoms with van der Waals surface area (Å²) in [4.78, 5) is 12.8. The zero-order valence-corrected chi connectivity index (χ0v) is 15.5. The van der Waals surface area contributed by atoms with E-state index in [2.05, 4.69) is 10.4 Å². The summed E-state index contributed by atoms with van der Waals surface area (Å²) in [5.74, 6) is 0.504. The molecular formula is C19H22ClN3O3. The lowest BCUT2D eigenvalue weighted by Crippen LogP contribution is -2.47. The minimum Gasteiger partial charge on any atom is -0.467 e.